The topological polar surface area (TPSA) is 84.4 Å². The number of aromatic nitrogens is 2. The number of carbonyl (C=O) groups is 2. The Morgan fingerprint density at radius 3 is 2.42 bits per heavy atom. The monoisotopic (exact) mass is 456 g/mol. The summed E-state index contributed by atoms with van der Waals surface area (Å²) in [6.45, 7) is 1.83. The lowest BCUT2D eigenvalue weighted by molar-refractivity contribution is 0.0724. The molecule has 2 aromatic carbocycles. The van der Waals surface area contributed by atoms with E-state index in [1.807, 2.05) is 4.90 Å². The molecule has 0 spiro atoms. The van der Waals surface area contributed by atoms with E-state index >= 15 is 0 Å². The summed E-state index contributed by atoms with van der Waals surface area (Å²) in [4.78, 5) is 26.7. The van der Waals surface area contributed by atoms with Gasteiger partial charge in [0.2, 0.25) is 5.01 Å². The molecule has 1 N–H and O–H groups in total. The quantitative estimate of drug-likeness (QED) is 0.583. The van der Waals surface area contributed by atoms with Gasteiger partial charge in [-0.05, 0) is 67.8 Å². The highest BCUT2D eigenvalue weighted by atomic mass is 35.5. The highest BCUT2D eigenvalue weighted by Crippen LogP contribution is 2.20. The summed E-state index contributed by atoms with van der Waals surface area (Å²) in [6, 6.07) is 13.9. The molecule has 160 valence electrons. The lowest BCUT2D eigenvalue weighted by Gasteiger charge is -2.26. The van der Waals surface area contributed by atoms with Gasteiger partial charge in [-0.15, -0.1) is 10.2 Å². The summed E-state index contributed by atoms with van der Waals surface area (Å²) < 4.78 is 5.73. The van der Waals surface area contributed by atoms with E-state index < -0.39 is 0 Å². The van der Waals surface area contributed by atoms with Crippen LogP contribution in [0.15, 0.2) is 48.5 Å². The smallest absolute Gasteiger partial charge is 0.286 e. The maximum Gasteiger partial charge on any atom is 0.286 e. The average Bonchev–Trinajstić information content (AvgIpc) is 3.29. The number of likely N-dealkylation sites (tertiary alicyclic amines) is 1. The van der Waals surface area contributed by atoms with Crippen LogP contribution in [-0.2, 0) is 6.61 Å². The van der Waals surface area contributed by atoms with E-state index in [4.69, 9.17) is 16.3 Å². The molecule has 2 amide bonds. The van der Waals surface area contributed by atoms with E-state index in [0.717, 1.165) is 37.3 Å². The first kappa shape index (κ1) is 21.3. The Balaban J connectivity index is 1.30. The zero-order valence-electron chi connectivity index (χ0n) is 16.7. The van der Waals surface area contributed by atoms with Crippen LogP contribution in [-0.4, -0.2) is 40.0 Å². The molecule has 0 atom stereocenters. The first-order chi connectivity index (χ1) is 15.1. The predicted octanol–water partition coefficient (Wildman–Crippen LogP) is 4.65. The number of benzene rings is 2. The van der Waals surface area contributed by atoms with Gasteiger partial charge in [0.1, 0.15) is 12.4 Å². The molecular formula is C22H21ClN4O3S. The second kappa shape index (κ2) is 9.89. The predicted molar refractivity (Wildman–Crippen MR) is 120 cm³/mol. The molecule has 4 rings (SSSR count). The van der Waals surface area contributed by atoms with Gasteiger partial charge in [-0.25, -0.2) is 0 Å². The van der Waals surface area contributed by atoms with Crippen molar-refractivity contribution in [1.29, 1.82) is 0 Å². The van der Waals surface area contributed by atoms with Crippen LogP contribution in [0.4, 0.5) is 5.69 Å². The van der Waals surface area contributed by atoms with Gasteiger partial charge in [-0.3, -0.25) is 9.59 Å². The third kappa shape index (κ3) is 5.59. The number of hydrogen-bond acceptors (Lipinski definition) is 6. The van der Waals surface area contributed by atoms with Crippen molar-refractivity contribution in [3.05, 3.63) is 69.1 Å². The minimum absolute atomic E-state index is 0.0618. The number of anilines is 1. The maximum absolute atomic E-state index is 12.5. The standard InChI is InChI=1S/C22H21ClN4O3S/c23-16-6-8-17(9-7-16)24-20(28)21-26-25-19(31-21)14-30-18-10-4-15(5-11-18)22(29)27-12-2-1-3-13-27/h4-11H,1-3,12-14H2,(H,24,28). The Hall–Kier alpha value is -2.97. The number of amides is 2. The molecule has 0 saturated carbocycles. The minimum Gasteiger partial charge on any atom is -0.486 e. The number of carbonyl (C=O) groups excluding carboxylic acids is 2. The minimum atomic E-state index is -0.341. The number of ether oxygens (including phenoxy) is 1. The zero-order chi connectivity index (χ0) is 21.6. The highest BCUT2D eigenvalue weighted by Gasteiger charge is 2.18. The molecule has 31 heavy (non-hydrogen) atoms. The number of hydrogen-bond donors (Lipinski definition) is 1. The third-order valence-corrected chi connectivity index (χ3v) is 6.02. The fourth-order valence-corrected chi connectivity index (χ4v) is 4.01. The number of nitrogens with one attached hydrogen (secondary N) is 1. The summed E-state index contributed by atoms with van der Waals surface area (Å²) in [7, 11) is 0. The second-order valence-corrected chi connectivity index (χ2v) is 8.63. The average molecular weight is 457 g/mol. The van der Waals surface area contributed by atoms with Crippen molar-refractivity contribution in [2.24, 2.45) is 0 Å². The Morgan fingerprint density at radius 1 is 1.00 bits per heavy atom. The zero-order valence-corrected chi connectivity index (χ0v) is 18.3. The van der Waals surface area contributed by atoms with Crippen LogP contribution in [0.3, 0.4) is 0 Å². The SMILES string of the molecule is O=C(Nc1ccc(Cl)cc1)c1nnc(COc2ccc(C(=O)N3CCCCC3)cc2)s1. The van der Waals surface area contributed by atoms with Crippen LogP contribution in [0.2, 0.25) is 5.02 Å². The molecule has 7 nitrogen and oxygen atoms in total. The van der Waals surface area contributed by atoms with Crippen LogP contribution in [0.1, 0.15) is 44.4 Å². The Morgan fingerprint density at radius 2 is 1.71 bits per heavy atom. The van der Waals surface area contributed by atoms with Crippen molar-refractivity contribution < 1.29 is 14.3 Å². The van der Waals surface area contributed by atoms with Gasteiger partial charge in [0.25, 0.3) is 11.8 Å². The van der Waals surface area contributed by atoms with Crippen molar-refractivity contribution >= 4 is 40.4 Å². The van der Waals surface area contributed by atoms with Gasteiger partial charge in [0, 0.05) is 29.4 Å². The first-order valence-electron chi connectivity index (χ1n) is 10.00. The van der Waals surface area contributed by atoms with Crippen molar-refractivity contribution in [2.75, 3.05) is 18.4 Å². The highest BCUT2D eigenvalue weighted by molar-refractivity contribution is 7.13. The number of rotatable bonds is 6. The first-order valence-corrected chi connectivity index (χ1v) is 11.2. The van der Waals surface area contributed by atoms with Gasteiger partial charge in [0.05, 0.1) is 0 Å². The molecule has 9 heteroatoms. The lowest BCUT2D eigenvalue weighted by atomic mass is 10.1. The number of halogens is 1. The summed E-state index contributed by atoms with van der Waals surface area (Å²) in [5, 5.41) is 12.1. The van der Waals surface area contributed by atoms with Gasteiger partial charge in [0.15, 0.2) is 5.01 Å². The maximum atomic E-state index is 12.5. The Kier molecular flexibility index (Phi) is 6.79. The van der Waals surface area contributed by atoms with Crippen LogP contribution < -0.4 is 10.1 Å². The molecule has 1 aliphatic rings. The molecule has 1 aromatic heterocycles. The Labute approximate surface area is 189 Å². The van der Waals surface area contributed by atoms with E-state index in [9.17, 15) is 9.59 Å². The van der Waals surface area contributed by atoms with Crippen LogP contribution in [0.25, 0.3) is 0 Å². The molecule has 0 radical (unpaired) electrons. The van der Waals surface area contributed by atoms with E-state index in [1.54, 1.807) is 48.5 Å². The fraction of sp³-hybridized carbons (Fsp3) is 0.273. The second-order valence-electron chi connectivity index (χ2n) is 7.13. The largest absolute Gasteiger partial charge is 0.486 e. The summed E-state index contributed by atoms with van der Waals surface area (Å²) in [5.74, 6) is 0.343. The van der Waals surface area contributed by atoms with Gasteiger partial charge >= 0.3 is 0 Å². The van der Waals surface area contributed by atoms with E-state index in [2.05, 4.69) is 15.5 Å². The molecular weight excluding hydrogens is 436 g/mol. The van der Waals surface area contributed by atoms with Crippen molar-refractivity contribution in [3.63, 3.8) is 0 Å². The van der Waals surface area contributed by atoms with Crippen molar-refractivity contribution in [2.45, 2.75) is 25.9 Å². The molecule has 1 aliphatic heterocycles. The Bertz CT molecular complexity index is 1050. The van der Waals surface area contributed by atoms with Gasteiger partial charge in [-0.1, -0.05) is 22.9 Å². The molecule has 1 saturated heterocycles. The van der Waals surface area contributed by atoms with Crippen LogP contribution >= 0.6 is 22.9 Å². The van der Waals surface area contributed by atoms with Gasteiger partial charge in [-0.2, -0.15) is 0 Å². The summed E-state index contributed by atoms with van der Waals surface area (Å²) >= 11 is 7.01. The van der Waals surface area contributed by atoms with E-state index in [-0.39, 0.29) is 23.4 Å². The molecule has 0 aliphatic carbocycles. The van der Waals surface area contributed by atoms with Crippen LogP contribution in [0.5, 0.6) is 5.75 Å². The molecule has 3 aromatic rings. The van der Waals surface area contributed by atoms with E-state index in [1.165, 1.54) is 6.42 Å². The van der Waals surface area contributed by atoms with Crippen molar-refractivity contribution in [3.8, 4) is 5.75 Å². The molecule has 0 bridgehead atoms. The lowest BCUT2D eigenvalue weighted by Crippen LogP contribution is -2.35. The fourth-order valence-electron chi connectivity index (χ4n) is 3.24. The van der Waals surface area contributed by atoms with Crippen molar-refractivity contribution in [1.82, 2.24) is 15.1 Å². The molecule has 2 heterocycles. The van der Waals surface area contributed by atoms with E-state index in [0.29, 0.717) is 27.0 Å². The van der Waals surface area contributed by atoms with Crippen LogP contribution in [0, 0.1) is 0 Å². The number of piperidine rings is 1. The summed E-state index contributed by atoms with van der Waals surface area (Å²) in [6.07, 6.45) is 3.32. The normalized spacial score (nSPS) is 13.6. The third-order valence-electron chi connectivity index (χ3n) is 4.87. The van der Waals surface area contributed by atoms with Gasteiger partial charge < -0.3 is 15.0 Å². The molecule has 1 fully saturated rings. The summed E-state index contributed by atoms with van der Waals surface area (Å²) in [5.41, 5.74) is 1.29. The number of nitrogens with zero attached hydrogens (tertiary/aromatic N) is 3. The molecule has 0 unspecified atom stereocenters.